The van der Waals surface area contributed by atoms with Crippen LogP contribution in [0.5, 0.6) is 5.75 Å². The van der Waals surface area contributed by atoms with Gasteiger partial charge in [0.1, 0.15) is 16.9 Å². The molecular weight excluding hydrogens is 420 g/mol. The van der Waals surface area contributed by atoms with Crippen LogP contribution in [0.1, 0.15) is 43.1 Å². The van der Waals surface area contributed by atoms with E-state index in [0.717, 1.165) is 48.6 Å². The van der Waals surface area contributed by atoms with Crippen LogP contribution < -0.4 is 15.0 Å². The molecule has 1 aromatic carbocycles. The van der Waals surface area contributed by atoms with Crippen LogP contribution in [0.15, 0.2) is 36.8 Å². The van der Waals surface area contributed by atoms with Crippen LogP contribution in [0.4, 0.5) is 11.4 Å². The minimum Gasteiger partial charge on any atom is -0.487 e. The van der Waals surface area contributed by atoms with E-state index in [-0.39, 0.29) is 17.4 Å². The first-order valence-corrected chi connectivity index (χ1v) is 11.3. The van der Waals surface area contributed by atoms with Gasteiger partial charge in [-0.1, -0.05) is 0 Å². The number of ether oxygens (including phenoxy) is 1. The fraction of sp³-hybridized carbons (Fsp3) is 0.417. The Morgan fingerprint density at radius 2 is 2.00 bits per heavy atom. The van der Waals surface area contributed by atoms with Crippen LogP contribution in [0.3, 0.4) is 0 Å². The van der Waals surface area contributed by atoms with Crippen LogP contribution in [0.2, 0.25) is 0 Å². The Labute approximate surface area is 192 Å². The Bertz CT molecular complexity index is 1230. The Morgan fingerprint density at radius 1 is 1.15 bits per heavy atom. The van der Waals surface area contributed by atoms with Gasteiger partial charge in [0.15, 0.2) is 5.65 Å². The first-order valence-electron chi connectivity index (χ1n) is 11.3. The molecule has 2 amide bonds. The van der Waals surface area contributed by atoms with E-state index in [2.05, 4.69) is 34.1 Å². The molecule has 2 aliphatic rings. The first kappa shape index (κ1) is 21.2. The highest BCUT2D eigenvalue weighted by Crippen LogP contribution is 2.42. The Hall–Kier alpha value is -3.62. The summed E-state index contributed by atoms with van der Waals surface area (Å²) in [4.78, 5) is 33.5. The van der Waals surface area contributed by atoms with E-state index in [4.69, 9.17) is 4.74 Å². The molecule has 4 heterocycles. The third-order valence-corrected chi connectivity index (χ3v) is 6.24. The summed E-state index contributed by atoms with van der Waals surface area (Å²) in [6.07, 6.45) is 6.56. The average Bonchev–Trinajstić information content (AvgIpc) is 3.22. The number of carbonyl (C=O) groups is 2. The second kappa shape index (κ2) is 8.06. The number of hydrogen-bond acceptors (Lipinski definition) is 6. The molecule has 0 unspecified atom stereocenters. The van der Waals surface area contributed by atoms with Crippen LogP contribution in [-0.2, 0) is 11.2 Å². The lowest BCUT2D eigenvalue weighted by Crippen LogP contribution is -2.34. The van der Waals surface area contributed by atoms with Crippen molar-refractivity contribution in [1.29, 1.82) is 0 Å². The quantitative estimate of drug-likeness (QED) is 0.663. The summed E-state index contributed by atoms with van der Waals surface area (Å²) in [6, 6.07) is 5.81. The summed E-state index contributed by atoms with van der Waals surface area (Å²) in [5.41, 5.74) is 3.32. The van der Waals surface area contributed by atoms with Crippen molar-refractivity contribution >= 4 is 28.8 Å². The van der Waals surface area contributed by atoms with Gasteiger partial charge in [-0.15, -0.1) is 0 Å². The van der Waals surface area contributed by atoms with Gasteiger partial charge < -0.3 is 19.9 Å². The fourth-order valence-corrected chi connectivity index (χ4v) is 4.65. The molecule has 9 nitrogen and oxygen atoms in total. The number of hydrogen-bond donors (Lipinski definition) is 1. The molecule has 1 N–H and O–H groups in total. The Kier molecular flexibility index (Phi) is 5.19. The smallest absolute Gasteiger partial charge is 0.261 e. The zero-order valence-corrected chi connectivity index (χ0v) is 19.2. The number of nitrogens with one attached hydrogen (secondary N) is 1. The Balaban J connectivity index is 1.49. The van der Waals surface area contributed by atoms with Crippen LogP contribution in [0, 0.1) is 0 Å². The number of amides is 2. The molecule has 0 atom stereocenters. The molecule has 0 bridgehead atoms. The third-order valence-electron chi connectivity index (χ3n) is 6.24. The topological polar surface area (TPSA) is 92.1 Å². The van der Waals surface area contributed by atoms with Crippen molar-refractivity contribution in [1.82, 2.24) is 19.5 Å². The van der Waals surface area contributed by atoms with E-state index in [1.165, 1.54) is 6.20 Å². The molecular formula is C24H28N6O3. The maximum atomic E-state index is 13.3. The van der Waals surface area contributed by atoms with Gasteiger partial charge in [0.05, 0.1) is 17.6 Å². The Morgan fingerprint density at radius 3 is 2.82 bits per heavy atom. The molecule has 0 aliphatic carbocycles. The molecule has 0 radical (unpaired) electrons. The van der Waals surface area contributed by atoms with E-state index >= 15 is 0 Å². The van der Waals surface area contributed by atoms with Gasteiger partial charge in [0.25, 0.3) is 5.91 Å². The van der Waals surface area contributed by atoms with Gasteiger partial charge in [-0.2, -0.15) is 5.10 Å². The van der Waals surface area contributed by atoms with Gasteiger partial charge in [-0.05, 0) is 32.4 Å². The summed E-state index contributed by atoms with van der Waals surface area (Å²) in [7, 11) is 0. The van der Waals surface area contributed by atoms with E-state index in [1.54, 1.807) is 29.9 Å². The zero-order valence-electron chi connectivity index (χ0n) is 19.2. The SMILES string of the molecule is CC(=O)N1CCCN(c2cc3c(cc2NC(=O)c2cnn4cccnc24)CC(C)(C)O3)CC1. The number of rotatable bonds is 3. The molecule has 0 spiro atoms. The number of nitrogens with zero attached hydrogens (tertiary/aromatic N) is 5. The summed E-state index contributed by atoms with van der Waals surface area (Å²) in [5.74, 6) is 0.673. The number of anilines is 2. The highest BCUT2D eigenvalue weighted by molar-refractivity contribution is 6.09. The second-order valence-electron chi connectivity index (χ2n) is 9.26. The fourth-order valence-electron chi connectivity index (χ4n) is 4.65. The normalized spacial score (nSPS) is 17.4. The largest absolute Gasteiger partial charge is 0.487 e. The molecule has 9 heteroatoms. The minimum atomic E-state index is -0.293. The van der Waals surface area contributed by atoms with E-state index < -0.39 is 0 Å². The first-order chi connectivity index (χ1) is 15.8. The second-order valence-corrected chi connectivity index (χ2v) is 9.26. The molecule has 5 rings (SSSR count). The third kappa shape index (κ3) is 4.10. The van der Waals surface area contributed by atoms with Crippen molar-refractivity contribution in [2.24, 2.45) is 0 Å². The predicted molar refractivity (Wildman–Crippen MR) is 125 cm³/mol. The average molecular weight is 449 g/mol. The summed E-state index contributed by atoms with van der Waals surface area (Å²) >= 11 is 0. The lowest BCUT2D eigenvalue weighted by Gasteiger charge is -2.26. The monoisotopic (exact) mass is 448 g/mol. The minimum absolute atomic E-state index is 0.0880. The number of fused-ring (bicyclic) bond motifs is 2. The number of benzene rings is 1. The standard InChI is InChI=1S/C24H28N6O3/c1-16(31)28-7-5-8-29(11-10-28)20-13-21-17(14-24(2,3)33-21)12-19(20)27-23(32)18-15-26-30-9-4-6-25-22(18)30/h4,6,9,12-13,15H,5,7-8,10-11,14H2,1-3H3,(H,27,32). The summed E-state index contributed by atoms with van der Waals surface area (Å²) in [5, 5.41) is 7.34. The summed E-state index contributed by atoms with van der Waals surface area (Å²) < 4.78 is 7.76. The number of carbonyl (C=O) groups excluding carboxylic acids is 2. The summed E-state index contributed by atoms with van der Waals surface area (Å²) in [6.45, 7) is 8.58. The van der Waals surface area contributed by atoms with Gasteiger partial charge >= 0.3 is 0 Å². The lowest BCUT2D eigenvalue weighted by molar-refractivity contribution is -0.128. The molecule has 1 fully saturated rings. The van der Waals surface area contributed by atoms with E-state index in [1.807, 2.05) is 17.0 Å². The van der Waals surface area contributed by atoms with Crippen LogP contribution in [0.25, 0.3) is 5.65 Å². The molecule has 33 heavy (non-hydrogen) atoms. The van der Waals surface area contributed by atoms with Crippen molar-refractivity contribution in [3.63, 3.8) is 0 Å². The highest BCUT2D eigenvalue weighted by Gasteiger charge is 2.32. The van der Waals surface area contributed by atoms with Gasteiger partial charge in [0.2, 0.25) is 5.91 Å². The molecule has 3 aromatic rings. The van der Waals surface area contributed by atoms with Crippen molar-refractivity contribution in [3.8, 4) is 5.75 Å². The molecule has 172 valence electrons. The van der Waals surface area contributed by atoms with Gasteiger partial charge in [0, 0.05) is 63.5 Å². The van der Waals surface area contributed by atoms with Crippen LogP contribution in [-0.4, -0.2) is 63.1 Å². The van der Waals surface area contributed by atoms with E-state index in [9.17, 15) is 9.59 Å². The van der Waals surface area contributed by atoms with Crippen molar-refractivity contribution in [3.05, 3.63) is 47.9 Å². The van der Waals surface area contributed by atoms with Crippen molar-refractivity contribution in [2.45, 2.75) is 39.2 Å². The lowest BCUT2D eigenvalue weighted by atomic mass is 10.0. The maximum Gasteiger partial charge on any atom is 0.261 e. The van der Waals surface area contributed by atoms with Crippen molar-refractivity contribution < 1.29 is 14.3 Å². The molecule has 0 saturated carbocycles. The van der Waals surface area contributed by atoms with E-state index in [0.29, 0.717) is 24.3 Å². The zero-order chi connectivity index (χ0) is 23.2. The maximum absolute atomic E-state index is 13.3. The van der Waals surface area contributed by atoms with Gasteiger partial charge in [-0.3, -0.25) is 9.59 Å². The molecule has 2 aromatic heterocycles. The molecule has 2 aliphatic heterocycles. The van der Waals surface area contributed by atoms with Crippen molar-refractivity contribution in [2.75, 3.05) is 36.4 Å². The number of aromatic nitrogens is 3. The molecule has 1 saturated heterocycles. The van der Waals surface area contributed by atoms with Crippen LogP contribution >= 0.6 is 0 Å². The highest BCUT2D eigenvalue weighted by atomic mass is 16.5. The van der Waals surface area contributed by atoms with Gasteiger partial charge in [-0.25, -0.2) is 9.50 Å². The predicted octanol–water partition coefficient (Wildman–Crippen LogP) is 2.75.